The molecule has 0 aliphatic carbocycles. The number of nitrogens with zero attached hydrogens (tertiary/aromatic N) is 1. The molecule has 0 saturated carbocycles. The minimum atomic E-state index is 0.564. The van der Waals surface area contributed by atoms with Crippen molar-refractivity contribution in [1.29, 1.82) is 0 Å². The third kappa shape index (κ3) is 3.47. The Morgan fingerprint density at radius 1 is 1.38 bits per heavy atom. The van der Waals surface area contributed by atoms with E-state index in [1.165, 1.54) is 12.1 Å². The monoisotopic (exact) mass is 241 g/mol. The van der Waals surface area contributed by atoms with Crippen molar-refractivity contribution in [1.82, 2.24) is 4.98 Å². The lowest BCUT2D eigenvalue weighted by Crippen LogP contribution is -2.04. The Balaban J connectivity index is 2.53. The molecule has 2 heteroatoms. The fourth-order valence-corrected chi connectivity index (χ4v) is 1.72. The van der Waals surface area contributed by atoms with Gasteiger partial charge in [0.2, 0.25) is 0 Å². The molecule has 0 fully saturated rings. The van der Waals surface area contributed by atoms with Gasteiger partial charge in [0.15, 0.2) is 0 Å². The molecule has 0 aliphatic rings. The lowest BCUT2D eigenvalue weighted by molar-refractivity contribution is 0.525. The van der Waals surface area contributed by atoms with Gasteiger partial charge in [-0.2, -0.15) is 0 Å². The summed E-state index contributed by atoms with van der Waals surface area (Å²) in [6.45, 7) is 4.50. The minimum Gasteiger partial charge on any atom is -0.261 e. The number of pyridine rings is 1. The van der Waals surface area contributed by atoms with Crippen LogP contribution in [0.15, 0.2) is 24.4 Å². The van der Waals surface area contributed by atoms with Gasteiger partial charge in [0.1, 0.15) is 0 Å². The van der Waals surface area contributed by atoms with Gasteiger partial charge in [0, 0.05) is 17.2 Å². The lowest BCUT2D eigenvalue weighted by atomic mass is 9.96. The highest BCUT2D eigenvalue weighted by Crippen LogP contribution is 2.21. The van der Waals surface area contributed by atoms with E-state index in [2.05, 4.69) is 46.9 Å². The zero-order valence-corrected chi connectivity index (χ0v) is 9.79. The van der Waals surface area contributed by atoms with Gasteiger partial charge in [-0.3, -0.25) is 4.98 Å². The first-order chi connectivity index (χ1) is 6.24. The summed E-state index contributed by atoms with van der Waals surface area (Å²) in [6.07, 6.45) is 3.06. The van der Waals surface area contributed by atoms with Gasteiger partial charge < -0.3 is 0 Å². The molecule has 2 unspecified atom stereocenters. The summed E-state index contributed by atoms with van der Waals surface area (Å²) in [7, 11) is 0. The molecule has 13 heavy (non-hydrogen) atoms. The minimum absolute atomic E-state index is 0.564. The van der Waals surface area contributed by atoms with Gasteiger partial charge in [0.25, 0.3) is 0 Å². The van der Waals surface area contributed by atoms with Gasteiger partial charge in [-0.1, -0.05) is 35.8 Å². The predicted octanol–water partition coefficient (Wildman–Crippen LogP) is 3.61. The van der Waals surface area contributed by atoms with Crippen LogP contribution in [0, 0.1) is 5.92 Å². The van der Waals surface area contributed by atoms with Gasteiger partial charge >= 0.3 is 0 Å². The van der Waals surface area contributed by atoms with Crippen LogP contribution in [0.1, 0.15) is 31.9 Å². The Hall–Kier alpha value is -0.370. The maximum atomic E-state index is 4.35. The molecule has 1 aromatic heterocycles. The molecule has 1 aromatic rings. The summed E-state index contributed by atoms with van der Waals surface area (Å²) in [5, 5.41) is 1.07. The normalized spacial score (nSPS) is 15.3. The van der Waals surface area contributed by atoms with Crippen LogP contribution in [-0.2, 0) is 0 Å². The summed E-state index contributed by atoms with van der Waals surface area (Å²) in [5.74, 6) is 1.28. The number of alkyl halides is 1. The average Bonchev–Trinajstić information content (AvgIpc) is 2.19. The molecule has 0 bridgehead atoms. The predicted molar refractivity (Wildman–Crippen MR) is 60.2 cm³/mol. The molecule has 0 aliphatic heterocycles. The van der Waals surface area contributed by atoms with E-state index in [-0.39, 0.29) is 0 Å². The molecule has 0 N–H and O–H groups in total. The molecular formula is C11H16BrN. The summed E-state index contributed by atoms with van der Waals surface area (Å²) in [5.41, 5.74) is 1.20. The number of hydrogen-bond acceptors (Lipinski definition) is 1. The quantitative estimate of drug-likeness (QED) is 0.735. The van der Waals surface area contributed by atoms with Gasteiger partial charge in [-0.25, -0.2) is 0 Å². The molecule has 0 spiro atoms. The number of rotatable bonds is 4. The van der Waals surface area contributed by atoms with E-state index in [0.29, 0.717) is 5.92 Å². The number of aromatic nitrogens is 1. The smallest absolute Gasteiger partial charge is 0.0431 e. The highest BCUT2D eigenvalue weighted by atomic mass is 79.9. The lowest BCUT2D eigenvalue weighted by Gasteiger charge is -2.14. The summed E-state index contributed by atoms with van der Waals surface area (Å²) >= 11 is 3.50. The molecule has 0 aromatic carbocycles. The van der Waals surface area contributed by atoms with Crippen molar-refractivity contribution in [3.05, 3.63) is 30.1 Å². The molecule has 0 saturated heterocycles. The summed E-state index contributed by atoms with van der Waals surface area (Å²) in [4.78, 5) is 4.35. The second-order valence-electron chi connectivity index (χ2n) is 3.65. The van der Waals surface area contributed by atoms with Gasteiger partial charge in [-0.15, -0.1) is 0 Å². The molecular weight excluding hydrogens is 226 g/mol. The third-order valence-corrected chi connectivity index (χ3v) is 3.32. The maximum Gasteiger partial charge on any atom is 0.0431 e. The molecule has 1 rings (SSSR count). The Morgan fingerprint density at radius 3 is 2.69 bits per heavy atom. The van der Waals surface area contributed by atoms with Crippen molar-refractivity contribution in [2.24, 2.45) is 5.92 Å². The molecule has 1 nitrogen and oxygen atoms in total. The van der Waals surface area contributed by atoms with Crippen molar-refractivity contribution < 1.29 is 0 Å². The van der Waals surface area contributed by atoms with Crippen LogP contribution in [-0.4, -0.2) is 10.3 Å². The topological polar surface area (TPSA) is 12.9 Å². The summed E-state index contributed by atoms with van der Waals surface area (Å²) in [6, 6.07) is 6.12. The highest BCUT2D eigenvalue weighted by Gasteiger charge is 2.10. The van der Waals surface area contributed by atoms with Gasteiger partial charge in [-0.05, 0) is 30.4 Å². The maximum absolute atomic E-state index is 4.35. The van der Waals surface area contributed by atoms with E-state index in [9.17, 15) is 0 Å². The van der Waals surface area contributed by atoms with E-state index >= 15 is 0 Å². The SMILES string of the molecule is CC(CBr)CC(C)c1ccccn1. The van der Waals surface area contributed by atoms with Crippen molar-refractivity contribution >= 4 is 15.9 Å². The Morgan fingerprint density at radius 2 is 2.15 bits per heavy atom. The third-order valence-electron chi connectivity index (χ3n) is 2.21. The number of hydrogen-bond donors (Lipinski definition) is 0. The van der Waals surface area contributed by atoms with Crippen molar-refractivity contribution in [3.63, 3.8) is 0 Å². The van der Waals surface area contributed by atoms with Crippen LogP contribution in [0.4, 0.5) is 0 Å². The molecule has 2 atom stereocenters. The molecule has 0 amide bonds. The Bertz CT molecular complexity index is 235. The van der Waals surface area contributed by atoms with Crippen molar-refractivity contribution in [2.45, 2.75) is 26.2 Å². The largest absolute Gasteiger partial charge is 0.261 e. The van der Waals surface area contributed by atoms with Gasteiger partial charge in [0.05, 0.1) is 0 Å². The van der Waals surface area contributed by atoms with E-state index < -0.39 is 0 Å². The summed E-state index contributed by atoms with van der Waals surface area (Å²) < 4.78 is 0. The zero-order valence-electron chi connectivity index (χ0n) is 8.20. The van der Waals surface area contributed by atoms with E-state index in [4.69, 9.17) is 0 Å². The van der Waals surface area contributed by atoms with Crippen LogP contribution in [0.25, 0.3) is 0 Å². The van der Waals surface area contributed by atoms with Crippen LogP contribution in [0.5, 0.6) is 0 Å². The fraction of sp³-hybridized carbons (Fsp3) is 0.545. The zero-order chi connectivity index (χ0) is 9.68. The van der Waals surface area contributed by atoms with Crippen LogP contribution < -0.4 is 0 Å². The first-order valence-corrected chi connectivity index (χ1v) is 5.83. The van der Waals surface area contributed by atoms with Crippen molar-refractivity contribution in [2.75, 3.05) is 5.33 Å². The van der Waals surface area contributed by atoms with E-state index in [0.717, 1.165) is 11.2 Å². The van der Waals surface area contributed by atoms with Crippen molar-refractivity contribution in [3.8, 4) is 0 Å². The Labute approximate surface area is 88.7 Å². The first-order valence-electron chi connectivity index (χ1n) is 4.71. The first kappa shape index (κ1) is 10.7. The number of halogens is 1. The molecule has 0 radical (unpaired) electrons. The highest BCUT2D eigenvalue weighted by molar-refractivity contribution is 9.09. The standard InChI is InChI=1S/C11H16BrN/c1-9(8-12)7-10(2)11-5-3-4-6-13-11/h3-6,9-10H,7-8H2,1-2H3. The van der Waals surface area contributed by atoms with Crippen LogP contribution in [0.2, 0.25) is 0 Å². The van der Waals surface area contributed by atoms with Crippen LogP contribution in [0.3, 0.4) is 0 Å². The molecule has 72 valence electrons. The van der Waals surface area contributed by atoms with Crippen LogP contribution >= 0.6 is 15.9 Å². The second kappa shape index (κ2) is 5.38. The second-order valence-corrected chi connectivity index (χ2v) is 4.30. The average molecular weight is 242 g/mol. The Kier molecular flexibility index (Phi) is 4.43. The van der Waals surface area contributed by atoms with E-state index in [1.807, 2.05) is 12.3 Å². The van der Waals surface area contributed by atoms with E-state index in [1.54, 1.807) is 0 Å². The fourth-order valence-electron chi connectivity index (χ4n) is 1.45. The molecule has 1 heterocycles.